The molecule has 3 aromatic carbocycles. The van der Waals surface area contributed by atoms with Crippen molar-refractivity contribution in [2.75, 3.05) is 6.61 Å². The van der Waals surface area contributed by atoms with Gasteiger partial charge in [-0.25, -0.2) is 4.39 Å². The second-order valence-corrected chi connectivity index (χ2v) is 9.16. The van der Waals surface area contributed by atoms with Gasteiger partial charge in [-0.2, -0.15) is 0 Å². The molecule has 1 unspecified atom stereocenters. The summed E-state index contributed by atoms with van der Waals surface area (Å²) in [5.41, 5.74) is 1.78. The van der Waals surface area contributed by atoms with Crippen molar-refractivity contribution in [3.63, 3.8) is 0 Å². The second kappa shape index (κ2) is 12.3. The number of halogens is 2. The van der Waals surface area contributed by atoms with Crippen LogP contribution in [0.3, 0.4) is 0 Å². The van der Waals surface area contributed by atoms with Crippen LogP contribution in [0.2, 0.25) is 0 Å². The molecule has 0 aliphatic rings. The van der Waals surface area contributed by atoms with E-state index in [4.69, 9.17) is 4.74 Å². The molecule has 2 amide bonds. The van der Waals surface area contributed by atoms with Gasteiger partial charge in [-0.3, -0.25) is 9.59 Å². The summed E-state index contributed by atoms with van der Waals surface area (Å²) in [6, 6.07) is 22.2. The Morgan fingerprint density at radius 2 is 1.65 bits per heavy atom. The van der Waals surface area contributed by atoms with Gasteiger partial charge in [0, 0.05) is 23.5 Å². The normalized spacial score (nSPS) is 11.7. The molecular formula is C27H28BrFN2O3. The standard InChI is InChI=1S/C27H28BrFN2O3/c1-19(2)30-27(33)24(16-20-9-4-3-5-10-20)31(17-21-11-8-12-22(28)15-21)26(32)18-34-25-14-7-6-13-23(25)29/h3-15,19,24H,16-18H2,1-2H3,(H,30,33). The summed E-state index contributed by atoms with van der Waals surface area (Å²) in [4.78, 5) is 28.2. The zero-order valence-electron chi connectivity index (χ0n) is 19.2. The Hall–Kier alpha value is -3.19. The molecule has 0 aliphatic heterocycles. The van der Waals surface area contributed by atoms with Gasteiger partial charge in [-0.05, 0) is 49.2 Å². The van der Waals surface area contributed by atoms with Crippen molar-refractivity contribution in [2.45, 2.75) is 38.9 Å². The van der Waals surface area contributed by atoms with E-state index in [1.165, 1.54) is 17.0 Å². The zero-order chi connectivity index (χ0) is 24.5. The fraction of sp³-hybridized carbons (Fsp3) is 0.259. The average molecular weight is 527 g/mol. The number of ether oxygens (including phenoxy) is 1. The predicted molar refractivity (Wildman–Crippen MR) is 134 cm³/mol. The molecular weight excluding hydrogens is 499 g/mol. The van der Waals surface area contributed by atoms with Crippen LogP contribution in [-0.2, 0) is 22.6 Å². The fourth-order valence-electron chi connectivity index (χ4n) is 3.55. The van der Waals surface area contributed by atoms with Crippen molar-refractivity contribution in [2.24, 2.45) is 0 Å². The van der Waals surface area contributed by atoms with E-state index in [2.05, 4.69) is 21.2 Å². The lowest BCUT2D eigenvalue weighted by atomic mass is 10.0. The number of hydrogen-bond acceptors (Lipinski definition) is 3. The van der Waals surface area contributed by atoms with Gasteiger partial charge in [0.05, 0.1) is 0 Å². The predicted octanol–water partition coefficient (Wildman–Crippen LogP) is 5.13. The highest BCUT2D eigenvalue weighted by Gasteiger charge is 2.31. The number of rotatable bonds is 10. The molecule has 178 valence electrons. The number of carbonyl (C=O) groups excluding carboxylic acids is 2. The molecule has 34 heavy (non-hydrogen) atoms. The van der Waals surface area contributed by atoms with Gasteiger partial charge < -0.3 is 15.0 Å². The maximum atomic E-state index is 14.0. The number of hydrogen-bond donors (Lipinski definition) is 1. The van der Waals surface area contributed by atoms with E-state index in [0.717, 1.165) is 15.6 Å². The van der Waals surface area contributed by atoms with Gasteiger partial charge in [-0.1, -0.05) is 70.5 Å². The van der Waals surface area contributed by atoms with E-state index in [-0.39, 0.29) is 24.2 Å². The first-order valence-electron chi connectivity index (χ1n) is 11.1. The zero-order valence-corrected chi connectivity index (χ0v) is 20.8. The SMILES string of the molecule is CC(C)NC(=O)C(Cc1ccccc1)N(Cc1cccc(Br)c1)C(=O)COc1ccccc1F. The molecule has 0 bridgehead atoms. The van der Waals surface area contributed by atoms with Crippen LogP contribution in [0.15, 0.2) is 83.3 Å². The number of nitrogens with zero attached hydrogens (tertiary/aromatic N) is 1. The number of benzene rings is 3. The highest BCUT2D eigenvalue weighted by atomic mass is 79.9. The minimum Gasteiger partial charge on any atom is -0.481 e. The van der Waals surface area contributed by atoms with Gasteiger partial charge in [0.15, 0.2) is 18.2 Å². The molecule has 1 atom stereocenters. The molecule has 0 saturated carbocycles. The Bertz CT molecular complexity index is 1110. The van der Waals surface area contributed by atoms with Crippen LogP contribution in [0.4, 0.5) is 4.39 Å². The van der Waals surface area contributed by atoms with Gasteiger partial charge in [0.25, 0.3) is 5.91 Å². The average Bonchev–Trinajstić information content (AvgIpc) is 2.81. The number of carbonyl (C=O) groups is 2. The maximum absolute atomic E-state index is 14.0. The molecule has 7 heteroatoms. The van der Waals surface area contributed by atoms with E-state index >= 15 is 0 Å². The van der Waals surface area contributed by atoms with Crippen LogP contribution in [0.25, 0.3) is 0 Å². The molecule has 1 N–H and O–H groups in total. The molecule has 3 rings (SSSR count). The highest BCUT2D eigenvalue weighted by Crippen LogP contribution is 2.19. The van der Waals surface area contributed by atoms with Crippen LogP contribution >= 0.6 is 15.9 Å². The molecule has 0 aromatic heterocycles. The molecule has 0 spiro atoms. The van der Waals surface area contributed by atoms with E-state index in [9.17, 15) is 14.0 Å². The van der Waals surface area contributed by atoms with Crippen LogP contribution in [0.1, 0.15) is 25.0 Å². The largest absolute Gasteiger partial charge is 0.481 e. The minimum absolute atomic E-state index is 0.00973. The van der Waals surface area contributed by atoms with E-state index < -0.39 is 24.4 Å². The summed E-state index contributed by atoms with van der Waals surface area (Å²) in [7, 11) is 0. The Labute approximate surface area is 208 Å². The molecule has 0 saturated heterocycles. The molecule has 0 fully saturated rings. The number of amides is 2. The highest BCUT2D eigenvalue weighted by molar-refractivity contribution is 9.10. The van der Waals surface area contributed by atoms with Crippen LogP contribution in [-0.4, -0.2) is 35.4 Å². The van der Waals surface area contributed by atoms with Crippen molar-refractivity contribution < 1.29 is 18.7 Å². The lowest BCUT2D eigenvalue weighted by Gasteiger charge is -2.32. The monoisotopic (exact) mass is 526 g/mol. The maximum Gasteiger partial charge on any atom is 0.261 e. The van der Waals surface area contributed by atoms with Gasteiger partial charge in [0.1, 0.15) is 6.04 Å². The summed E-state index contributed by atoms with van der Waals surface area (Å²) in [5, 5.41) is 2.94. The first-order chi connectivity index (χ1) is 16.3. The van der Waals surface area contributed by atoms with Crippen molar-refractivity contribution in [1.29, 1.82) is 0 Å². The van der Waals surface area contributed by atoms with E-state index in [0.29, 0.717) is 6.42 Å². The quantitative estimate of drug-likeness (QED) is 0.398. The molecule has 0 aliphatic carbocycles. The Balaban J connectivity index is 1.92. The topological polar surface area (TPSA) is 58.6 Å². The Kier molecular flexibility index (Phi) is 9.22. The fourth-order valence-corrected chi connectivity index (χ4v) is 4.00. The molecule has 0 heterocycles. The summed E-state index contributed by atoms with van der Waals surface area (Å²) in [5.74, 6) is -1.23. The van der Waals surface area contributed by atoms with Crippen molar-refractivity contribution in [1.82, 2.24) is 10.2 Å². The first-order valence-corrected chi connectivity index (χ1v) is 11.9. The summed E-state index contributed by atoms with van der Waals surface area (Å²) < 4.78 is 20.4. The molecule has 3 aromatic rings. The van der Waals surface area contributed by atoms with Crippen LogP contribution in [0.5, 0.6) is 5.75 Å². The third-order valence-electron chi connectivity index (χ3n) is 5.13. The molecule has 5 nitrogen and oxygen atoms in total. The Morgan fingerprint density at radius 3 is 2.32 bits per heavy atom. The van der Waals surface area contributed by atoms with Crippen molar-refractivity contribution in [3.8, 4) is 5.75 Å². The van der Waals surface area contributed by atoms with Crippen LogP contribution < -0.4 is 10.1 Å². The lowest BCUT2D eigenvalue weighted by molar-refractivity contribution is -0.143. The van der Waals surface area contributed by atoms with E-state index in [1.54, 1.807) is 12.1 Å². The van der Waals surface area contributed by atoms with Gasteiger partial charge in [-0.15, -0.1) is 0 Å². The first kappa shape index (κ1) is 25.4. The minimum atomic E-state index is -0.777. The molecule has 0 radical (unpaired) electrons. The number of para-hydroxylation sites is 1. The summed E-state index contributed by atoms with van der Waals surface area (Å²) >= 11 is 3.46. The third-order valence-corrected chi connectivity index (χ3v) is 5.63. The van der Waals surface area contributed by atoms with Crippen molar-refractivity contribution in [3.05, 3.63) is 100 Å². The second-order valence-electron chi connectivity index (χ2n) is 8.24. The van der Waals surface area contributed by atoms with Crippen LogP contribution in [0, 0.1) is 5.82 Å². The Morgan fingerprint density at radius 1 is 0.971 bits per heavy atom. The van der Waals surface area contributed by atoms with Crippen molar-refractivity contribution >= 4 is 27.7 Å². The summed E-state index contributed by atoms with van der Waals surface area (Å²) in [6.45, 7) is 3.55. The van der Waals surface area contributed by atoms with Gasteiger partial charge in [0.2, 0.25) is 5.91 Å². The lowest BCUT2D eigenvalue weighted by Crippen LogP contribution is -2.52. The smallest absolute Gasteiger partial charge is 0.261 e. The van der Waals surface area contributed by atoms with E-state index in [1.807, 2.05) is 68.4 Å². The summed E-state index contributed by atoms with van der Waals surface area (Å²) in [6.07, 6.45) is 0.332. The third kappa shape index (κ3) is 7.42. The number of nitrogens with one attached hydrogen (secondary N) is 1. The van der Waals surface area contributed by atoms with Gasteiger partial charge >= 0.3 is 0 Å².